The number of aryl methyl sites for hydroxylation is 1. The molecule has 50 heavy (non-hydrogen) atoms. The van der Waals surface area contributed by atoms with Crippen molar-refractivity contribution >= 4 is 25.4 Å². The summed E-state index contributed by atoms with van der Waals surface area (Å²) in [5.74, 6) is -2.27. The summed E-state index contributed by atoms with van der Waals surface area (Å²) >= 11 is 0. The summed E-state index contributed by atoms with van der Waals surface area (Å²) in [5.41, 5.74) is 6.31. The third-order valence-corrected chi connectivity index (χ3v) is 10.8. The van der Waals surface area contributed by atoms with E-state index in [1.165, 1.54) is 0 Å². The standard InChI is InChI=1S/C37H57BN6O6/c1-9-14-28-31(45)24(4)32(38)36(6,48-8)20-23(3)21-40-25(5)33-37(7,30(10-2)49-34(28)46)50-35(47)44(33)18-12-11-17-43-22-29(41-42-43)26-15-13-16-27(39)19-26/h9,13,15-16,19,22-25,28,30,32-34,40,46H,1,10-12,14,17-18,20-21,39H2,2-8H3/t23-,24+,25-,28-,30-,32-,33-,34?,36-,37-/m1/s1. The van der Waals surface area contributed by atoms with Gasteiger partial charge in [-0.2, -0.15) is 0 Å². The number of carbonyl (C=O) groups is 2. The number of benzene rings is 1. The number of aliphatic hydroxyl groups excluding tert-OH is 1. The van der Waals surface area contributed by atoms with Crippen LogP contribution < -0.4 is 11.1 Å². The van der Waals surface area contributed by atoms with Crippen molar-refractivity contribution in [1.29, 1.82) is 0 Å². The fourth-order valence-electron chi connectivity index (χ4n) is 7.89. The second-order valence-electron chi connectivity index (χ2n) is 14.7. The summed E-state index contributed by atoms with van der Waals surface area (Å²) in [4.78, 5) is 29.4. The molecule has 0 aliphatic carbocycles. The smallest absolute Gasteiger partial charge is 0.410 e. The molecular weight excluding hydrogens is 635 g/mol. The van der Waals surface area contributed by atoms with Crippen LogP contribution in [0.3, 0.4) is 0 Å². The average molecular weight is 693 g/mol. The number of aromatic nitrogens is 3. The molecule has 1 aromatic carbocycles. The number of hydrogen-bond acceptors (Lipinski definition) is 10. The van der Waals surface area contributed by atoms with Crippen molar-refractivity contribution in [2.45, 2.75) is 122 Å². The molecule has 1 unspecified atom stereocenters. The molecule has 274 valence electrons. The molecule has 0 spiro atoms. The van der Waals surface area contributed by atoms with Crippen molar-refractivity contribution in [3.05, 3.63) is 43.1 Å². The summed E-state index contributed by atoms with van der Waals surface area (Å²) in [6.45, 7) is 17.2. The predicted molar refractivity (Wildman–Crippen MR) is 194 cm³/mol. The Balaban J connectivity index is 1.57. The number of methoxy groups -OCH3 is 1. The summed E-state index contributed by atoms with van der Waals surface area (Å²) in [6.07, 6.45) is 3.54. The van der Waals surface area contributed by atoms with Crippen LogP contribution in [0.5, 0.6) is 0 Å². The fraction of sp³-hybridized carbons (Fsp3) is 0.676. The van der Waals surface area contributed by atoms with Crippen molar-refractivity contribution in [2.75, 3.05) is 25.9 Å². The van der Waals surface area contributed by atoms with Gasteiger partial charge in [-0.3, -0.25) is 14.4 Å². The zero-order valence-corrected chi connectivity index (χ0v) is 30.9. The minimum absolute atomic E-state index is 0.117. The van der Waals surface area contributed by atoms with Gasteiger partial charge in [-0.05, 0) is 83.3 Å². The van der Waals surface area contributed by atoms with Gasteiger partial charge in [0, 0.05) is 43.4 Å². The highest BCUT2D eigenvalue weighted by atomic mass is 16.6. The van der Waals surface area contributed by atoms with Gasteiger partial charge in [0.15, 0.2) is 11.9 Å². The number of hydrogen-bond donors (Lipinski definition) is 3. The van der Waals surface area contributed by atoms with Crippen LogP contribution in [0, 0.1) is 17.8 Å². The molecule has 0 saturated carbocycles. The Labute approximate surface area is 298 Å². The van der Waals surface area contributed by atoms with E-state index >= 15 is 0 Å². The number of ketones is 1. The molecule has 4 N–H and O–H groups in total. The second-order valence-corrected chi connectivity index (χ2v) is 14.7. The van der Waals surface area contributed by atoms with Crippen LogP contribution in [0.1, 0.15) is 73.6 Å². The van der Waals surface area contributed by atoms with Gasteiger partial charge in [-0.1, -0.05) is 44.2 Å². The Bertz CT molecular complexity index is 1460. The summed E-state index contributed by atoms with van der Waals surface area (Å²) in [7, 11) is 8.37. The first-order valence-electron chi connectivity index (χ1n) is 18.0. The molecule has 2 fully saturated rings. The molecule has 0 bridgehead atoms. The van der Waals surface area contributed by atoms with Gasteiger partial charge in [0.2, 0.25) is 0 Å². The number of rotatable bonds is 10. The maximum absolute atomic E-state index is 13.9. The van der Waals surface area contributed by atoms with E-state index in [1.54, 1.807) is 29.7 Å². The third-order valence-electron chi connectivity index (χ3n) is 10.8. The number of amides is 1. The van der Waals surface area contributed by atoms with E-state index < -0.39 is 53.4 Å². The number of ether oxygens (including phenoxy) is 3. The number of nitrogens with two attached hydrogens (primary N) is 1. The Morgan fingerprint density at radius 1 is 1.22 bits per heavy atom. The van der Waals surface area contributed by atoms with Crippen molar-refractivity contribution < 1.29 is 28.9 Å². The van der Waals surface area contributed by atoms with Crippen molar-refractivity contribution in [2.24, 2.45) is 17.8 Å². The number of fused-ring (bicyclic) bond motifs is 1. The lowest BCUT2D eigenvalue weighted by Gasteiger charge is -2.42. The molecule has 1 aromatic heterocycles. The van der Waals surface area contributed by atoms with E-state index in [2.05, 4.69) is 29.1 Å². The Morgan fingerprint density at radius 2 is 1.94 bits per heavy atom. The fourth-order valence-corrected chi connectivity index (χ4v) is 7.89. The van der Waals surface area contributed by atoms with Crippen molar-refractivity contribution in [3.63, 3.8) is 0 Å². The lowest BCUT2D eigenvalue weighted by atomic mass is 9.62. The molecule has 2 aromatic rings. The Morgan fingerprint density at radius 3 is 2.60 bits per heavy atom. The molecule has 13 heteroatoms. The zero-order valence-electron chi connectivity index (χ0n) is 30.9. The van der Waals surface area contributed by atoms with Gasteiger partial charge in [-0.25, -0.2) is 4.79 Å². The van der Waals surface area contributed by atoms with E-state index in [-0.39, 0.29) is 24.2 Å². The third kappa shape index (κ3) is 8.61. The number of nitrogens with one attached hydrogen (secondary N) is 1. The number of unbranched alkanes of at least 4 members (excludes halogenated alkanes) is 1. The minimum Gasteiger partial charge on any atom is -0.438 e. The summed E-state index contributed by atoms with van der Waals surface area (Å²) in [5, 5.41) is 23.8. The molecule has 2 aliphatic heterocycles. The molecule has 3 heterocycles. The maximum Gasteiger partial charge on any atom is 0.410 e. The number of carbonyl (C=O) groups excluding carboxylic acids is 2. The Kier molecular flexibility index (Phi) is 13.3. The summed E-state index contributed by atoms with van der Waals surface area (Å²) < 4.78 is 20.3. The molecule has 2 radical (unpaired) electrons. The molecule has 4 rings (SSSR count). The van der Waals surface area contributed by atoms with E-state index in [4.69, 9.17) is 27.8 Å². The molecule has 10 atom stereocenters. The van der Waals surface area contributed by atoms with Gasteiger partial charge in [-0.15, -0.1) is 11.7 Å². The molecule has 1 amide bonds. The van der Waals surface area contributed by atoms with E-state index in [1.807, 2.05) is 58.2 Å². The monoisotopic (exact) mass is 692 g/mol. The number of anilines is 1. The van der Waals surface area contributed by atoms with Crippen LogP contribution in [-0.2, 0) is 25.5 Å². The quantitative estimate of drug-likeness (QED) is 0.137. The van der Waals surface area contributed by atoms with E-state index in [9.17, 15) is 14.7 Å². The highest BCUT2D eigenvalue weighted by molar-refractivity contribution is 6.14. The van der Waals surface area contributed by atoms with Crippen LogP contribution in [-0.4, -0.2) is 101 Å². The molecule has 2 aliphatic rings. The number of nitrogen functional groups attached to an aromatic ring is 1. The van der Waals surface area contributed by atoms with Gasteiger partial charge in [0.1, 0.15) is 17.6 Å². The topological polar surface area (TPSA) is 154 Å². The lowest BCUT2D eigenvalue weighted by molar-refractivity contribution is -0.211. The van der Waals surface area contributed by atoms with Gasteiger partial charge >= 0.3 is 6.09 Å². The number of aliphatic hydroxyl groups is 1. The van der Waals surface area contributed by atoms with Crippen LogP contribution >= 0.6 is 0 Å². The predicted octanol–water partition coefficient (Wildman–Crippen LogP) is 4.78. The first-order valence-corrected chi connectivity index (χ1v) is 18.0. The second kappa shape index (κ2) is 16.8. The number of Topliss-reactive ketones (excluding diaryl/α,β-unsaturated/α-hetero) is 1. The molecule has 2 saturated heterocycles. The first kappa shape index (κ1) is 39.5. The van der Waals surface area contributed by atoms with E-state index in [0.717, 1.165) is 17.7 Å². The normalized spacial score (nSPS) is 34.4. The SMILES string of the molecule is [B][C@@H]1[C@@H](C)C(=O)[C@@H](CC=C)C(O)O[C@H](CC)[C@@]2(C)OC(=O)N(CCCCn3cc(-c4cccc(N)c4)nn3)[C@@H]2[C@@H](C)NC[C@H](C)C[C@@]1(C)OC. The highest BCUT2D eigenvalue weighted by Gasteiger charge is 2.58. The number of nitrogens with zero attached hydrogens (tertiary/aromatic N) is 4. The summed E-state index contributed by atoms with van der Waals surface area (Å²) in [6, 6.07) is 6.88. The molecular formula is C37H57BN6O6. The van der Waals surface area contributed by atoms with Crippen molar-refractivity contribution in [3.8, 4) is 11.3 Å². The van der Waals surface area contributed by atoms with Gasteiger partial charge in [0.05, 0.1) is 31.6 Å². The number of allylic oxidation sites excluding steroid dienone is 1. The zero-order chi connectivity index (χ0) is 36.8. The lowest BCUT2D eigenvalue weighted by Crippen LogP contribution is -2.61. The van der Waals surface area contributed by atoms with E-state index in [0.29, 0.717) is 44.6 Å². The van der Waals surface area contributed by atoms with Crippen LogP contribution in [0.25, 0.3) is 11.3 Å². The van der Waals surface area contributed by atoms with Crippen molar-refractivity contribution in [1.82, 2.24) is 25.2 Å². The van der Waals surface area contributed by atoms with Gasteiger partial charge < -0.3 is 30.4 Å². The average Bonchev–Trinajstić information content (AvgIpc) is 3.67. The van der Waals surface area contributed by atoms with Crippen LogP contribution in [0.4, 0.5) is 10.5 Å². The largest absolute Gasteiger partial charge is 0.438 e. The minimum atomic E-state index is -1.47. The Hall–Kier alpha value is -3.26. The van der Waals surface area contributed by atoms with Crippen LogP contribution in [0.2, 0.25) is 5.82 Å². The van der Waals surface area contributed by atoms with Gasteiger partial charge in [0.25, 0.3) is 0 Å². The maximum atomic E-state index is 13.9. The molecule has 12 nitrogen and oxygen atoms in total. The van der Waals surface area contributed by atoms with Crippen LogP contribution in [0.15, 0.2) is 43.1 Å². The first-order chi connectivity index (χ1) is 23.7. The highest BCUT2D eigenvalue weighted by Crippen LogP contribution is 2.41.